The van der Waals surface area contributed by atoms with Crippen molar-refractivity contribution in [1.29, 1.82) is 0 Å². The lowest BCUT2D eigenvalue weighted by Crippen LogP contribution is -2.41. The third-order valence-corrected chi connectivity index (χ3v) is 5.13. The number of benzene rings is 2. The number of fused-ring (bicyclic) bond motifs is 1. The molecular weight excluding hydrogens is 357 g/mol. The maximum atomic E-state index is 14.0. The molecule has 1 fully saturated rings. The number of amides is 1. The van der Waals surface area contributed by atoms with E-state index >= 15 is 0 Å². The number of hydrogen-bond donors (Lipinski definition) is 1. The van der Waals surface area contributed by atoms with Gasteiger partial charge in [-0.05, 0) is 55.3 Å². The zero-order valence-electron chi connectivity index (χ0n) is 16.0. The molecule has 2 heterocycles. The number of ether oxygens (including phenoxy) is 1. The van der Waals surface area contributed by atoms with Crippen molar-refractivity contribution in [1.82, 2.24) is 9.88 Å². The zero-order chi connectivity index (χ0) is 19.7. The van der Waals surface area contributed by atoms with Gasteiger partial charge in [0.15, 0.2) is 0 Å². The summed E-state index contributed by atoms with van der Waals surface area (Å²) in [5.74, 6) is -0.498. The zero-order valence-corrected chi connectivity index (χ0v) is 16.0. The van der Waals surface area contributed by atoms with Gasteiger partial charge in [-0.3, -0.25) is 9.78 Å². The van der Waals surface area contributed by atoms with Crippen LogP contribution in [-0.4, -0.2) is 42.1 Å². The molecule has 0 spiro atoms. The molecule has 0 atom stereocenters. The summed E-state index contributed by atoms with van der Waals surface area (Å²) in [6, 6.07) is 10.4. The van der Waals surface area contributed by atoms with Gasteiger partial charge >= 0.3 is 0 Å². The van der Waals surface area contributed by atoms with Crippen molar-refractivity contribution >= 4 is 28.2 Å². The van der Waals surface area contributed by atoms with Crippen LogP contribution < -0.4 is 5.32 Å². The summed E-state index contributed by atoms with van der Waals surface area (Å²) >= 11 is 0. The third-order valence-electron chi connectivity index (χ3n) is 5.13. The van der Waals surface area contributed by atoms with E-state index in [0.29, 0.717) is 48.5 Å². The van der Waals surface area contributed by atoms with Gasteiger partial charge in [0.05, 0.1) is 30.0 Å². The van der Waals surface area contributed by atoms with E-state index in [0.717, 1.165) is 11.3 Å². The number of halogens is 1. The molecule has 0 unspecified atom stereocenters. The monoisotopic (exact) mass is 379 g/mol. The molecule has 1 aliphatic rings. The van der Waals surface area contributed by atoms with Crippen molar-refractivity contribution in [3.05, 3.63) is 65.1 Å². The maximum absolute atomic E-state index is 14.0. The van der Waals surface area contributed by atoms with Gasteiger partial charge in [0.1, 0.15) is 5.82 Å². The molecule has 1 aliphatic heterocycles. The topological polar surface area (TPSA) is 54.5 Å². The van der Waals surface area contributed by atoms with Gasteiger partial charge in [-0.25, -0.2) is 4.39 Å². The Hall–Kier alpha value is -2.99. The SMILES string of the molecule is Cc1ccc(Nc2c(C(=O)N3CCOCC3)cnc3ccc(F)cc23)cc1C. The Morgan fingerprint density at radius 3 is 2.64 bits per heavy atom. The molecule has 6 heteroatoms. The van der Waals surface area contributed by atoms with E-state index < -0.39 is 0 Å². The summed E-state index contributed by atoms with van der Waals surface area (Å²) in [4.78, 5) is 19.3. The predicted octanol–water partition coefficient (Wildman–Crippen LogP) is 4.21. The number of carbonyl (C=O) groups is 1. The Bertz CT molecular complexity index is 1050. The Balaban J connectivity index is 1.83. The third kappa shape index (κ3) is 3.55. The standard InChI is InChI=1S/C22H22FN3O2/c1-14-3-5-17(11-15(14)2)25-21-18-12-16(23)4-6-20(18)24-13-19(21)22(27)26-7-9-28-10-8-26/h3-6,11-13H,7-10H2,1-2H3,(H,24,25). The molecule has 0 aliphatic carbocycles. The van der Waals surface area contributed by atoms with Gasteiger partial charge in [0.2, 0.25) is 0 Å². The molecule has 1 amide bonds. The van der Waals surface area contributed by atoms with Crippen molar-refractivity contribution in [2.24, 2.45) is 0 Å². The highest BCUT2D eigenvalue weighted by molar-refractivity contribution is 6.08. The van der Waals surface area contributed by atoms with Crippen LogP contribution in [0.3, 0.4) is 0 Å². The van der Waals surface area contributed by atoms with Crippen molar-refractivity contribution in [2.45, 2.75) is 13.8 Å². The summed E-state index contributed by atoms with van der Waals surface area (Å²) in [6.45, 7) is 6.17. The first-order valence-corrected chi connectivity index (χ1v) is 9.32. The fourth-order valence-corrected chi connectivity index (χ4v) is 3.36. The van der Waals surface area contributed by atoms with E-state index in [1.165, 1.54) is 17.7 Å². The van der Waals surface area contributed by atoms with Crippen LogP contribution in [0, 0.1) is 19.7 Å². The molecule has 1 saturated heterocycles. The van der Waals surface area contributed by atoms with Crippen molar-refractivity contribution in [2.75, 3.05) is 31.6 Å². The van der Waals surface area contributed by atoms with E-state index in [2.05, 4.69) is 10.3 Å². The Labute approximate surface area is 163 Å². The first-order valence-electron chi connectivity index (χ1n) is 9.32. The molecule has 3 aromatic rings. The molecule has 1 N–H and O–H groups in total. The van der Waals surface area contributed by atoms with Gasteiger partial charge in [0.25, 0.3) is 5.91 Å². The lowest BCUT2D eigenvalue weighted by molar-refractivity contribution is 0.0303. The number of hydrogen-bond acceptors (Lipinski definition) is 4. The summed E-state index contributed by atoms with van der Waals surface area (Å²) in [7, 11) is 0. The normalized spacial score (nSPS) is 14.3. The van der Waals surface area contributed by atoms with Crippen molar-refractivity contribution < 1.29 is 13.9 Å². The summed E-state index contributed by atoms with van der Waals surface area (Å²) in [5.41, 5.74) is 4.79. The number of aromatic nitrogens is 1. The molecular formula is C22H22FN3O2. The number of anilines is 2. The highest BCUT2D eigenvalue weighted by atomic mass is 19.1. The molecule has 4 rings (SSSR count). The molecule has 0 bridgehead atoms. The van der Waals surface area contributed by atoms with Gasteiger partial charge in [0, 0.05) is 30.4 Å². The number of morpholine rings is 1. The van der Waals surface area contributed by atoms with Crippen LogP contribution in [0.25, 0.3) is 10.9 Å². The van der Waals surface area contributed by atoms with E-state index in [9.17, 15) is 9.18 Å². The highest BCUT2D eigenvalue weighted by Crippen LogP contribution is 2.31. The average Bonchev–Trinajstić information content (AvgIpc) is 2.71. The molecule has 1 aromatic heterocycles. The molecule has 0 radical (unpaired) electrons. The predicted molar refractivity (Wildman–Crippen MR) is 108 cm³/mol. The van der Waals surface area contributed by atoms with Gasteiger partial charge in [-0.1, -0.05) is 6.07 Å². The molecule has 5 nitrogen and oxygen atoms in total. The van der Waals surface area contributed by atoms with Crippen LogP contribution in [-0.2, 0) is 4.74 Å². The number of pyridine rings is 1. The Kier molecular flexibility index (Phi) is 4.96. The number of rotatable bonds is 3. The van der Waals surface area contributed by atoms with Crippen LogP contribution in [0.5, 0.6) is 0 Å². The van der Waals surface area contributed by atoms with Crippen molar-refractivity contribution in [3.63, 3.8) is 0 Å². The van der Waals surface area contributed by atoms with Crippen LogP contribution in [0.4, 0.5) is 15.8 Å². The minimum Gasteiger partial charge on any atom is -0.378 e. The Morgan fingerprint density at radius 1 is 1.11 bits per heavy atom. The Morgan fingerprint density at radius 2 is 1.89 bits per heavy atom. The van der Waals surface area contributed by atoms with Gasteiger partial charge in [-0.15, -0.1) is 0 Å². The fourth-order valence-electron chi connectivity index (χ4n) is 3.36. The first kappa shape index (κ1) is 18.4. The summed E-state index contributed by atoms with van der Waals surface area (Å²) < 4.78 is 19.3. The van der Waals surface area contributed by atoms with E-state index in [1.807, 2.05) is 32.0 Å². The molecule has 2 aromatic carbocycles. The second kappa shape index (κ2) is 7.56. The number of nitrogens with zero attached hydrogens (tertiary/aromatic N) is 2. The lowest BCUT2D eigenvalue weighted by Gasteiger charge is -2.28. The highest BCUT2D eigenvalue weighted by Gasteiger charge is 2.23. The summed E-state index contributed by atoms with van der Waals surface area (Å²) in [5, 5.41) is 3.93. The number of aryl methyl sites for hydroxylation is 2. The van der Waals surface area contributed by atoms with Gasteiger partial charge < -0.3 is 15.0 Å². The lowest BCUT2D eigenvalue weighted by atomic mass is 10.1. The van der Waals surface area contributed by atoms with E-state index in [-0.39, 0.29) is 11.7 Å². The average molecular weight is 379 g/mol. The molecule has 144 valence electrons. The second-order valence-electron chi connectivity index (χ2n) is 7.04. The number of nitrogens with one attached hydrogen (secondary N) is 1. The second-order valence-corrected chi connectivity index (χ2v) is 7.04. The smallest absolute Gasteiger partial charge is 0.257 e. The molecule has 0 saturated carbocycles. The fraction of sp³-hybridized carbons (Fsp3) is 0.273. The van der Waals surface area contributed by atoms with Crippen LogP contribution in [0.2, 0.25) is 0 Å². The number of carbonyl (C=O) groups excluding carboxylic acids is 1. The van der Waals surface area contributed by atoms with E-state index in [1.54, 1.807) is 17.2 Å². The quantitative estimate of drug-likeness (QED) is 0.741. The van der Waals surface area contributed by atoms with Crippen LogP contribution in [0.15, 0.2) is 42.6 Å². The minimum absolute atomic E-state index is 0.131. The van der Waals surface area contributed by atoms with E-state index in [4.69, 9.17) is 4.74 Å². The van der Waals surface area contributed by atoms with Crippen LogP contribution in [0.1, 0.15) is 21.5 Å². The largest absolute Gasteiger partial charge is 0.378 e. The maximum Gasteiger partial charge on any atom is 0.257 e. The summed E-state index contributed by atoms with van der Waals surface area (Å²) in [6.07, 6.45) is 1.57. The van der Waals surface area contributed by atoms with Crippen molar-refractivity contribution in [3.8, 4) is 0 Å². The first-order chi connectivity index (χ1) is 13.5. The van der Waals surface area contributed by atoms with Crippen LogP contribution >= 0.6 is 0 Å². The van der Waals surface area contributed by atoms with Gasteiger partial charge in [-0.2, -0.15) is 0 Å². The minimum atomic E-state index is -0.367. The molecule has 28 heavy (non-hydrogen) atoms.